The number of carbonyl (C=O) groups excluding carboxylic acids is 2. The maximum atomic E-state index is 12.2. The lowest BCUT2D eigenvalue weighted by molar-refractivity contribution is -0.127. The summed E-state index contributed by atoms with van der Waals surface area (Å²) in [6, 6.07) is 2.62. The standard InChI is InChI=1S/C12H15N3O3/c1-7-3-4-9(11(17)14-7)12(18)15-6-5-13-10(16)8(15)2/h3-4,8H,5-6H2,1-2H3,(H,13,16)(H,14,17). The predicted molar refractivity (Wildman–Crippen MR) is 65.3 cm³/mol. The summed E-state index contributed by atoms with van der Waals surface area (Å²) in [5.74, 6) is -0.600. The second kappa shape index (κ2) is 4.64. The first-order chi connectivity index (χ1) is 8.50. The Kier molecular flexibility index (Phi) is 3.18. The van der Waals surface area contributed by atoms with Crippen LogP contribution in [0.4, 0.5) is 0 Å². The second-order valence-electron chi connectivity index (χ2n) is 4.35. The van der Waals surface area contributed by atoms with Gasteiger partial charge in [-0.2, -0.15) is 0 Å². The third-order valence-corrected chi connectivity index (χ3v) is 3.05. The van der Waals surface area contributed by atoms with Gasteiger partial charge in [0.05, 0.1) is 0 Å². The number of aryl methyl sites for hydroxylation is 1. The van der Waals surface area contributed by atoms with Crippen LogP contribution in [0.3, 0.4) is 0 Å². The van der Waals surface area contributed by atoms with Crippen molar-refractivity contribution in [3.63, 3.8) is 0 Å². The number of piperazine rings is 1. The number of H-pyrrole nitrogens is 1. The Morgan fingerprint density at radius 1 is 1.39 bits per heavy atom. The molecule has 1 fully saturated rings. The van der Waals surface area contributed by atoms with Crippen molar-refractivity contribution < 1.29 is 9.59 Å². The van der Waals surface area contributed by atoms with E-state index in [0.717, 1.165) is 0 Å². The number of hydrogen-bond acceptors (Lipinski definition) is 3. The van der Waals surface area contributed by atoms with Gasteiger partial charge >= 0.3 is 0 Å². The number of rotatable bonds is 1. The molecule has 1 atom stereocenters. The van der Waals surface area contributed by atoms with Crippen molar-refractivity contribution in [3.8, 4) is 0 Å². The highest BCUT2D eigenvalue weighted by Crippen LogP contribution is 2.08. The van der Waals surface area contributed by atoms with Crippen molar-refractivity contribution >= 4 is 11.8 Å². The van der Waals surface area contributed by atoms with Crippen molar-refractivity contribution in [1.29, 1.82) is 0 Å². The van der Waals surface area contributed by atoms with Gasteiger partial charge < -0.3 is 15.2 Å². The molecule has 2 rings (SSSR count). The van der Waals surface area contributed by atoms with E-state index in [1.807, 2.05) is 0 Å². The lowest BCUT2D eigenvalue weighted by Gasteiger charge is -2.32. The van der Waals surface area contributed by atoms with E-state index in [1.54, 1.807) is 19.9 Å². The number of aromatic nitrogens is 1. The summed E-state index contributed by atoms with van der Waals surface area (Å²) >= 11 is 0. The van der Waals surface area contributed by atoms with Gasteiger partial charge in [0.25, 0.3) is 11.5 Å². The molecule has 1 aromatic heterocycles. The Balaban J connectivity index is 2.31. The molecule has 1 unspecified atom stereocenters. The molecule has 0 aliphatic carbocycles. The van der Waals surface area contributed by atoms with Crippen LogP contribution in [0.1, 0.15) is 23.0 Å². The van der Waals surface area contributed by atoms with Gasteiger partial charge in [-0.1, -0.05) is 0 Å². The molecule has 96 valence electrons. The van der Waals surface area contributed by atoms with E-state index in [1.165, 1.54) is 11.0 Å². The first-order valence-electron chi connectivity index (χ1n) is 5.79. The number of pyridine rings is 1. The lowest BCUT2D eigenvalue weighted by atomic mass is 10.1. The van der Waals surface area contributed by atoms with Crippen molar-refractivity contribution in [1.82, 2.24) is 15.2 Å². The van der Waals surface area contributed by atoms with Gasteiger partial charge in [0.1, 0.15) is 11.6 Å². The van der Waals surface area contributed by atoms with Crippen LogP contribution in [0.25, 0.3) is 0 Å². The number of carbonyl (C=O) groups is 2. The Morgan fingerprint density at radius 3 is 2.78 bits per heavy atom. The Bertz CT molecular complexity index is 550. The fraction of sp³-hybridized carbons (Fsp3) is 0.417. The van der Waals surface area contributed by atoms with Crippen molar-refractivity contribution in [3.05, 3.63) is 33.7 Å². The Morgan fingerprint density at radius 2 is 2.11 bits per heavy atom. The molecule has 0 aromatic carbocycles. The van der Waals surface area contributed by atoms with E-state index in [9.17, 15) is 14.4 Å². The Hall–Kier alpha value is -2.11. The van der Waals surface area contributed by atoms with Crippen LogP contribution < -0.4 is 10.9 Å². The van der Waals surface area contributed by atoms with Gasteiger partial charge in [0, 0.05) is 18.8 Å². The number of aromatic amines is 1. The van der Waals surface area contributed by atoms with Gasteiger partial charge in [0.15, 0.2) is 0 Å². The zero-order valence-electron chi connectivity index (χ0n) is 10.3. The van der Waals surface area contributed by atoms with E-state index in [0.29, 0.717) is 18.8 Å². The largest absolute Gasteiger partial charge is 0.353 e. The summed E-state index contributed by atoms with van der Waals surface area (Å²) in [5, 5.41) is 2.67. The Labute approximate surface area is 104 Å². The molecule has 0 spiro atoms. The third kappa shape index (κ3) is 2.13. The molecular weight excluding hydrogens is 234 g/mol. The normalized spacial score (nSPS) is 19.6. The van der Waals surface area contributed by atoms with E-state index in [4.69, 9.17) is 0 Å². The first kappa shape index (κ1) is 12.3. The fourth-order valence-electron chi connectivity index (χ4n) is 1.96. The predicted octanol–water partition coefficient (Wildman–Crippen LogP) is -0.356. The minimum absolute atomic E-state index is 0.0714. The molecule has 1 aliphatic rings. The number of amides is 2. The summed E-state index contributed by atoms with van der Waals surface area (Å²) in [4.78, 5) is 39.4. The minimum Gasteiger partial charge on any atom is -0.353 e. The summed E-state index contributed by atoms with van der Waals surface area (Å²) in [7, 11) is 0. The van der Waals surface area contributed by atoms with Gasteiger partial charge in [-0.15, -0.1) is 0 Å². The molecule has 0 radical (unpaired) electrons. The quantitative estimate of drug-likeness (QED) is 0.713. The molecule has 2 heterocycles. The molecule has 1 aromatic rings. The zero-order chi connectivity index (χ0) is 13.3. The molecule has 6 nitrogen and oxygen atoms in total. The zero-order valence-corrected chi connectivity index (χ0v) is 10.3. The fourth-order valence-corrected chi connectivity index (χ4v) is 1.96. The summed E-state index contributed by atoms with van der Waals surface area (Å²) in [6.45, 7) is 4.22. The number of hydrogen-bond donors (Lipinski definition) is 2. The average molecular weight is 249 g/mol. The van der Waals surface area contributed by atoms with Gasteiger partial charge in [0.2, 0.25) is 5.91 Å². The molecule has 2 N–H and O–H groups in total. The van der Waals surface area contributed by atoms with Crippen LogP contribution >= 0.6 is 0 Å². The maximum absolute atomic E-state index is 12.2. The van der Waals surface area contributed by atoms with Crippen LogP contribution in [-0.4, -0.2) is 40.8 Å². The van der Waals surface area contributed by atoms with Crippen LogP contribution in [0.5, 0.6) is 0 Å². The monoisotopic (exact) mass is 249 g/mol. The van der Waals surface area contributed by atoms with E-state index in [-0.39, 0.29) is 11.5 Å². The van der Waals surface area contributed by atoms with Crippen LogP contribution in [0.2, 0.25) is 0 Å². The van der Waals surface area contributed by atoms with Gasteiger partial charge in [-0.05, 0) is 26.0 Å². The van der Waals surface area contributed by atoms with E-state index in [2.05, 4.69) is 10.3 Å². The highest BCUT2D eigenvalue weighted by molar-refractivity contribution is 5.97. The number of nitrogens with one attached hydrogen (secondary N) is 2. The second-order valence-corrected chi connectivity index (χ2v) is 4.35. The molecule has 6 heteroatoms. The summed E-state index contributed by atoms with van der Waals surface area (Å²) < 4.78 is 0. The molecule has 18 heavy (non-hydrogen) atoms. The van der Waals surface area contributed by atoms with Crippen LogP contribution in [-0.2, 0) is 4.79 Å². The molecule has 1 aliphatic heterocycles. The van der Waals surface area contributed by atoms with Crippen molar-refractivity contribution in [2.45, 2.75) is 19.9 Å². The van der Waals surface area contributed by atoms with Crippen LogP contribution in [0.15, 0.2) is 16.9 Å². The maximum Gasteiger partial charge on any atom is 0.260 e. The number of nitrogens with zero attached hydrogens (tertiary/aromatic N) is 1. The summed E-state index contributed by atoms with van der Waals surface area (Å²) in [5.41, 5.74) is 0.348. The SMILES string of the molecule is Cc1ccc(C(=O)N2CCNC(=O)C2C)c(=O)[nH]1. The van der Waals surface area contributed by atoms with Gasteiger partial charge in [-0.3, -0.25) is 14.4 Å². The van der Waals surface area contributed by atoms with Crippen LogP contribution in [0, 0.1) is 6.92 Å². The molecule has 2 amide bonds. The highest BCUT2D eigenvalue weighted by atomic mass is 16.2. The van der Waals surface area contributed by atoms with Gasteiger partial charge in [-0.25, -0.2) is 0 Å². The van der Waals surface area contributed by atoms with Crippen molar-refractivity contribution in [2.75, 3.05) is 13.1 Å². The smallest absolute Gasteiger partial charge is 0.260 e. The molecule has 0 saturated carbocycles. The first-order valence-corrected chi connectivity index (χ1v) is 5.79. The summed E-state index contributed by atoms with van der Waals surface area (Å²) in [6.07, 6.45) is 0. The minimum atomic E-state index is -0.549. The molecule has 0 bridgehead atoms. The lowest BCUT2D eigenvalue weighted by Crippen LogP contribution is -2.56. The average Bonchev–Trinajstić information content (AvgIpc) is 2.32. The van der Waals surface area contributed by atoms with Crippen molar-refractivity contribution in [2.24, 2.45) is 0 Å². The topological polar surface area (TPSA) is 82.3 Å². The molecule has 1 saturated heterocycles. The van der Waals surface area contributed by atoms with E-state index >= 15 is 0 Å². The highest BCUT2D eigenvalue weighted by Gasteiger charge is 2.30. The molecular formula is C12H15N3O3. The van der Waals surface area contributed by atoms with E-state index < -0.39 is 17.5 Å². The third-order valence-electron chi connectivity index (χ3n) is 3.05.